The predicted molar refractivity (Wildman–Crippen MR) is 75.5 cm³/mol. The smallest absolute Gasteiger partial charge is 0.404 e. The summed E-state index contributed by atoms with van der Waals surface area (Å²) in [5.74, 6) is 0.738. The highest BCUT2D eigenvalue weighted by Crippen LogP contribution is 2.26. The minimum atomic E-state index is -1.04. The van der Waals surface area contributed by atoms with E-state index in [0.717, 1.165) is 22.3 Å². The van der Waals surface area contributed by atoms with Gasteiger partial charge in [0.05, 0.1) is 11.0 Å². The van der Waals surface area contributed by atoms with Gasteiger partial charge in [-0.3, -0.25) is 0 Å². The van der Waals surface area contributed by atoms with Crippen molar-refractivity contribution in [3.8, 4) is 5.75 Å². The summed E-state index contributed by atoms with van der Waals surface area (Å²) in [5, 5.41) is 14.2. The fourth-order valence-corrected chi connectivity index (χ4v) is 2.00. The van der Waals surface area contributed by atoms with Gasteiger partial charge in [0.15, 0.2) is 0 Å². The lowest BCUT2D eigenvalue weighted by Crippen LogP contribution is -2.26. The molecule has 5 nitrogen and oxygen atoms in total. The predicted octanol–water partition coefficient (Wildman–Crippen LogP) is 2.35. The van der Waals surface area contributed by atoms with Crippen LogP contribution in [0.4, 0.5) is 4.79 Å². The van der Waals surface area contributed by atoms with Gasteiger partial charge in [-0.25, -0.2) is 4.79 Å². The molecule has 0 bridgehead atoms. The van der Waals surface area contributed by atoms with E-state index in [4.69, 9.17) is 9.84 Å². The zero-order valence-corrected chi connectivity index (χ0v) is 12.1. The van der Waals surface area contributed by atoms with E-state index in [9.17, 15) is 4.79 Å². The van der Waals surface area contributed by atoms with Crippen molar-refractivity contribution in [1.29, 1.82) is 0 Å². The first-order valence-electron chi connectivity index (χ1n) is 6.26. The molecular formula is C13H17BrN2O3. The molecular weight excluding hydrogens is 312 g/mol. The topological polar surface area (TPSA) is 70.6 Å². The summed E-state index contributed by atoms with van der Waals surface area (Å²) >= 11 is 3.42. The van der Waals surface area contributed by atoms with Crippen LogP contribution in [-0.4, -0.2) is 30.4 Å². The molecule has 0 aromatic heterocycles. The van der Waals surface area contributed by atoms with Gasteiger partial charge in [-0.05, 0) is 46.5 Å². The molecule has 1 aliphatic carbocycles. The van der Waals surface area contributed by atoms with Crippen LogP contribution in [0.3, 0.4) is 0 Å². The Morgan fingerprint density at radius 3 is 2.95 bits per heavy atom. The number of hydrogen-bond acceptors (Lipinski definition) is 3. The third-order valence-electron chi connectivity index (χ3n) is 2.80. The van der Waals surface area contributed by atoms with Gasteiger partial charge in [0, 0.05) is 12.6 Å². The molecule has 0 saturated heterocycles. The Morgan fingerprint density at radius 2 is 2.26 bits per heavy atom. The molecule has 19 heavy (non-hydrogen) atoms. The SMILES string of the molecule is O=C(O)NCCOc1cc(CNC2CC2)ccc1Br. The molecule has 104 valence electrons. The molecule has 0 atom stereocenters. The van der Waals surface area contributed by atoms with Crippen LogP contribution in [0.25, 0.3) is 0 Å². The van der Waals surface area contributed by atoms with E-state index < -0.39 is 6.09 Å². The van der Waals surface area contributed by atoms with E-state index >= 15 is 0 Å². The number of halogens is 1. The van der Waals surface area contributed by atoms with E-state index in [1.807, 2.05) is 18.2 Å². The number of carbonyl (C=O) groups is 1. The summed E-state index contributed by atoms with van der Waals surface area (Å²) in [6.45, 7) is 1.42. The van der Waals surface area contributed by atoms with Crippen LogP contribution in [0.2, 0.25) is 0 Å². The lowest BCUT2D eigenvalue weighted by molar-refractivity contribution is 0.191. The van der Waals surface area contributed by atoms with E-state index in [2.05, 4.69) is 26.6 Å². The second-order valence-corrected chi connectivity index (χ2v) is 5.35. The molecule has 1 saturated carbocycles. The first-order valence-corrected chi connectivity index (χ1v) is 7.06. The zero-order chi connectivity index (χ0) is 13.7. The van der Waals surface area contributed by atoms with Crippen LogP contribution in [0.5, 0.6) is 5.75 Å². The average molecular weight is 329 g/mol. The van der Waals surface area contributed by atoms with E-state index in [1.165, 1.54) is 12.8 Å². The normalized spacial score (nSPS) is 14.2. The van der Waals surface area contributed by atoms with Crippen LogP contribution in [0, 0.1) is 0 Å². The van der Waals surface area contributed by atoms with Gasteiger partial charge in [-0.2, -0.15) is 0 Å². The van der Waals surface area contributed by atoms with Crippen molar-refractivity contribution in [3.63, 3.8) is 0 Å². The van der Waals surface area contributed by atoms with E-state index in [0.29, 0.717) is 12.6 Å². The van der Waals surface area contributed by atoms with Crippen LogP contribution in [0.1, 0.15) is 18.4 Å². The third-order valence-corrected chi connectivity index (χ3v) is 3.46. The molecule has 2 rings (SSSR count). The number of nitrogens with one attached hydrogen (secondary N) is 2. The molecule has 1 aromatic rings. The Morgan fingerprint density at radius 1 is 1.47 bits per heavy atom. The molecule has 0 aliphatic heterocycles. The first kappa shape index (κ1) is 14.1. The Hall–Kier alpha value is -1.27. The van der Waals surface area contributed by atoms with Gasteiger partial charge in [-0.15, -0.1) is 0 Å². The molecule has 0 radical (unpaired) electrons. The maximum atomic E-state index is 10.3. The van der Waals surface area contributed by atoms with Gasteiger partial charge < -0.3 is 20.5 Å². The fourth-order valence-electron chi connectivity index (χ4n) is 1.64. The van der Waals surface area contributed by atoms with Crippen molar-refractivity contribution in [2.24, 2.45) is 0 Å². The number of benzene rings is 1. The van der Waals surface area contributed by atoms with Gasteiger partial charge >= 0.3 is 6.09 Å². The van der Waals surface area contributed by atoms with Crippen LogP contribution in [0.15, 0.2) is 22.7 Å². The minimum Gasteiger partial charge on any atom is -0.491 e. The van der Waals surface area contributed by atoms with Crippen LogP contribution >= 0.6 is 15.9 Å². The molecule has 1 fully saturated rings. The molecule has 3 N–H and O–H groups in total. The standard InChI is InChI=1S/C13H17BrN2O3/c14-11-4-1-9(8-16-10-2-3-10)7-12(11)19-6-5-15-13(17)18/h1,4,7,10,15-16H,2-3,5-6,8H2,(H,17,18). The second-order valence-electron chi connectivity index (χ2n) is 4.50. The van der Waals surface area contributed by atoms with Crippen molar-refractivity contribution >= 4 is 22.0 Å². The maximum absolute atomic E-state index is 10.3. The Balaban J connectivity index is 1.82. The fraction of sp³-hybridized carbons (Fsp3) is 0.462. The summed E-state index contributed by atoms with van der Waals surface area (Å²) < 4.78 is 6.42. The van der Waals surface area contributed by atoms with Crippen molar-refractivity contribution in [3.05, 3.63) is 28.2 Å². The van der Waals surface area contributed by atoms with Gasteiger partial charge in [0.25, 0.3) is 0 Å². The lowest BCUT2D eigenvalue weighted by atomic mass is 10.2. The molecule has 1 aliphatic rings. The summed E-state index contributed by atoms with van der Waals surface area (Å²) in [7, 11) is 0. The summed E-state index contributed by atoms with van der Waals surface area (Å²) in [4.78, 5) is 10.3. The highest BCUT2D eigenvalue weighted by atomic mass is 79.9. The number of carboxylic acid groups (broad SMARTS) is 1. The largest absolute Gasteiger partial charge is 0.491 e. The highest BCUT2D eigenvalue weighted by molar-refractivity contribution is 9.10. The van der Waals surface area contributed by atoms with E-state index in [1.54, 1.807) is 0 Å². The summed E-state index contributed by atoms with van der Waals surface area (Å²) in [6.07, 6.45) is 1.49. The molecule has 0 unspecified atom stereocenters. The van der Waals surface area contributed by atoms with Crippen molar-refractivity contribution in [1.82, 2.24) is 10.6 Å². The highest BCUT2D eigenvalue weighted by Gasteiger charge is 2.20. The molecule has 6 heteroatoms. The Labute approximate surface area is 120 Å². The zero-order valence-electron chi connectivity index (χ0n) is 10.5. The van der Waals surface area contributed by atoms with Crippen molar-refractivity contribution in [2.45, 2.75) is 25.4 Å². The van der Waals surface area contributed by atoms with Gasteiger partial charge in [0.2, 0.25) is 0 Å². The lowest BCUT2D eigenvalue weighted by Gasteiger charge is -2.10. The molecule has 0 spiro atoms. The Kier molecular flexibility index (Phi) is 5.04. The third kappa shape index (κ3) is 5.08. The Bertz CT molecular complexity index is 450. The average Bonchev–Trinajstić information content (AvgIpc) is 3.18. The summed E-state index contributed by atoms with van der Waals surface area (Å²) in [5.41, 5.74) is 1.16. The minimum absolute atomic E-state index is 0.270. The first-order chi connectivity index (χ1) is 9.15. The number of amides is 1. The number of rotatable bonds is 7. The quantitative estimate of drug-likeness (QED) is 0.672. The molecule has 1 aromatic carbocycles. The van der Waals surface area contributed by atoms with Gasteiger partial charge in [0.1, 0.15) is 12.4 Å². The van der Waals surface area contributed by atoms with E-state index in [-0.39, 0.29) is 6.54 Å². The maximum Gasteiger partial charge on any atom is 0.404 e. The summed E-state index contributed by atoms with van der Waals surface area (Å²) in [6, 6.07) is 6.64. The van der Waals surface area contributed by atoms with Crippen LogP contribution in [-0.2, 0) is 6.54 Å². The van der Waals surface area contributed by atoms with Crippen molar-refractivity contribution in [2.75, 3.05) is 13.2 Å². The van der Waals surface area contributed by atoms with Crippen molar-refractivity contribution < 1.29 is 14.6 Å². The number of ether oxygens (including phenoxy) is 1. The number of hydrogen-bond donors (Lipinski definition) is 3. The molecule has 1 amide bonds. The van der Waals surface area contributed by atoms with Crippen LogP contribution < -0.4 is 15.4 Å². The second kappa shape index (κ2) is 6.77. The molecule has 0 heterocycles. The monoisotopic (exact) mass is 328 g/mol. The van der Waals surface area contributed by atoms with Gasteiger partial charge in [-0.1, -0.05) is 6.07 Å².